The molecule has 1 N–H and O–H groups in total. The molecule has 0 radical (unpaired) electrons. The SMILES string of the molecule is CCCn1cc(CNC(=O)[C@H]2OCC(=O)N(C)[C@@H]2c2ccccc2C)cn1. The summed E-state index contributed by atoms with van der Waals surface area (Å²) in [6.45, 7) is 5.19. The van der Waals surface area contributed by atoms with Crippen LogP contribution in [-0.4, -0.2) is 46.3 Å². The maximum absolute atomic E-state index is 12.8. The summed E-state index contributed by atoms with van der Waals surface area (Å²) >= 11 is 0. The van der Waals surface area contributed by atoms with E-state index in [9.17, 15) is 9.59 Å². The van der Waals surface area contributed by atoms with Gasteiger partial charge in [-0.05, 0) is 24.5 Å². The van der Waals surface area contributed by atoms with Crippen LogP contribution in [0.2, 0.25) is 0 Å². The number of aromatic nitrogens is 2. The van der Waals surface area contributed by atoms with Crippen LogP contribution in [0.3, 0.4) is 0 Å². The van der Waals surface area contributed by atoms with Gasteiger partial charge in [-0.15, -0.1) is 0 Å². The molecule has 2 aromatic rings. The first-order chi connectivity index (χ1) is 13.0. The van der Waals surface area contributed by atoms with Gasteiger partial charge in [0, 0.05) is 31.9 Å². The molecule has 7 heteroatoms. The number of aryl methyl sites for hydroxylation is 2. The van der Waals surface area contributed by atoms with Crippen molar-refractivity contribution in [3.63, 3.8) is 0 Å². The highest BCUT2D eigenvalue weighted by Gasteiger charge is 2.40. The Morgan fingerprint density at radius 1 is 1.37 bits per heavy atom. The van der Waals surface area contributed by atoms with Crippen LogP contribution in [0.4, 0.5) is 0 Å². The molecule has 0 aliphatic carbocycles. The summed E-state index contributed by atoms with van der Waals surface area (Å²) in [6.07, 6.45) is 3.94. The van der Waals surface area contributed by atoms with E-state index in [1.807, 2.05) is 42.1 Å². The second kappa shape index (κ2) is 8.35. The number of carbonyl (C=O) groups is 2. The number of rotatable bonds is 6. The van der Waals surface area contributed by atoms with Crippen LogP contribution in [0.5, 0.6) is 0 Å². The van der Waals surface area contributed by atoms with Crippen molar-refractivity contribution in [3.05, 3.63) is 53.3 Å². The molecule has 0 saturated carbocycles. The van der Waals surface area contributed by atoms with Gasteiger partial charge in [-0.3, -0.25) is 14.3 Å². The molecule has 3 rings (SSSR count). The number of hydrogen-bond donors (Lipinski definition) is 1. The van der Waals surface area contributed by atoms with Crippen molar-refractivity contribution in [1.29, 1.82) is 0 Å². The molecule has 0 bridgehead atoms. The number of hydrogen-bond acceptors (Lipinski definition) is 4. The number of ether oxygens (including phenoxy) is 1. The molecule has 2 amide bonds. The van der Waals surface area contributed by atoms with Crippen LogP contribution in [0.1, 0.15) is 36.1 Å². The summed E-state index contributed by atoms with van der Waals surface area (Å²) in [5.41, 5.74) is 2.87. The van der Waals surface area contributed by atoms with Gasteiger partial charge in [0.15, 0.2) is 6.10 Å². The number of morpholine rings is 1. The van der Waals surface area contributed by atoms with E-state index < -0.39 is 12.1 Å². The zero-order chi connectivity index (χ0) is 19.4. The lowest BCUT2D eigenvalue weighted by Crippen LogP contribution is -2.53. The van der Waals surface area contributed by atoms with Crippen molar-refractivity contribution in [2.24, 2.45) is 0 Å². The third-order valence-corrected chi connectivity index (χ3v) is 4.86. The average molecular weight is 370 g/mol. The van der Waals surface area contributed by atoms with Gasteiger partial charge in [-0.25, -0.2) is 0 Å². The van der Waals surface area contributed by atoms with E-state index in [1.54, 1.807) is 18.1 Å². The first-order valence-electron chi connectivity index (χ1n) is 9.23. The number of nitrogens with one attached hydrogen (secondary N) is 1. The highest BCUT2D eigenvalue weighted by molar-refractivity contribution is 5.86. The highest BCUT2D eigenvalue weighted by Crippen LogP contribution is 2.31. The quantitative estimate of drug-likeness (QED) is 0.841. The normalized spacial score (nSPS) is 20.0. The van der Waals surface area contributed by atoms with E-state index in [2.05, 4.69) is 17.3 Å². The smallest absolute Gasteiger partial charge is 0.251 e. The van der Waals surface area contributed by atoms with Crippen LogP contribution in [0.25, 0.3) is 0 Å². The Labute approximate surface area is 159 Å². The van der Waals surface area contributed by atoms with Gasteiger partial charge < -0.3 is 15.0 Å². The highest BCUT2D eigenvalue weighted by atomic mass is 16.5. The lowest BCUT2D eigenvalue weighted by Gasteiger charge is -2.38. The third-order valence-electron chi connectivity index (χ3n) is 4.86. The number of amides is 2. The van der Waals surface area contributed by atoms with Gasteiger partial charge in [0.25, 0.3) is 5.91 Å². The maximum Gasteiger partial charge on any atom is 0.251 e. The second-order valence-electron chi connectivity index (χ2n) is 6.87. The fourth-order valence-electron chi connectivity index (χ4n) is 3.36. The minimum absolute atomic E-state index is 0.0919. The summed E-state index contributed by atoms with van der Waals surface area (Å²) in [4.78, 5) is 26.6. The molecule has 1 aliphatic heterocycles. The lowest BCUT2D eigenvalue weighted by molar-refractivity contribution is -0.162. The van der Waals surface area contributed by atoms with Crippen molar-refractivity contribution < 1.29 is 14.3 Å². The van der Waals surface area contributed by atoms with Crippen LogP contribution >= 0.6 is 0 Å². The summed E-state index contributed by atoms with van der Waals surface area (Å²) in [5.74, 6) is -0.362. The molecular formula is C20H26N4O3. The summed E-state index contributed by atoms with van der Waals surface area (Å²) < 4.78 is 7.51. The molecule has 2 atom stereocenters. The zero-order valence-corrected chi connectivity index (χ0v) is 16.0. The molecule has 144 valence electrons. The molecule has 1 saturated heterocycles. The first-order valence-corrected chi connectivity index (χ1v) is 9.23. The molecule has 1 fully saturated rings. The zero-order valence-electron chi connectivity index (χ0n) is 16.0. The van der Waals surface area contributed by atoms with E-state index in [1.165, 1.54) is 0 Å². The van der Waals surface area contributed by atoms with Crippen molar-refractivity contribution in [2.75, 3.05) is 13.7 Å². The van der Waals surface area contributed by atoms with Gasteiger partial charge in [0.2, 0.25) is 5.91 Å². The molecule has 1 aromatic carbocycles. The summed E-state index contributed by atoms with van der Waals surface area (Å²) in [6, 6.07) is 7.31. The molecule has 7 nitrogen and oxygen atoms in total. The number of benzene rings is 1. The minimum atomic E-state index is -0.750. The molecule has 0 unspecified atom stereocenters. The van der Waals surface area contributed by atoms with Crippen molar-refractivity contribution in [2.45, 2.75) is 45.5 Å². The fraction of sp³-hybridized carbons (Fsp3) is 0.450. The number of carbonyl (C=O) groups excluding carboxylic acids is 2. The Morgan fingerprint density at radius 3 is 2.89 bits per heavy atom. The Hall–Kier alpha value is -2.67. The van der Waals surface area contributed by atoms with Crippen molar-refractivity contribution in [1.82, 2.24) is 20.0 Å². The van der Waals surface area contributed by atoms with Gasteiger partial charge in [-0.2, -0.15) is 5.10 Å². The van der Waals surface area contributed by atoms with E-state index in [0.29, 0.717) is 6.54 Å². The minimum Gasteiger partial charge on any atom is -0.356 e. The van der Waals surface area contributed by atoms with Gasteiger partial charge >= 0.3 is 0 Å². The van der Waals surface area contributed by atoms with Crippen LogP contribution < -0.4 is 5.32 Å². The largest absolute Gasteiger partial charge is 0.356 e. The van der Waals surface area contributed by atoms with Crippen LogP contribution in [0, 0.1) is 6.92 Å². The average Bonchev–Trinajstić information content (AvgIpc) is 3.10. The van der Waals surface area contributed by atoms with Crippen molar-refractivity contribution in [3.8, 4) is 0 Å². The predicted octanol–water partition coefficient (Wildman–Crippen LogP) is 1.82. The maximum atomic E-state index is 12.8. The summed E-state index contributed by atoms with van der Waals surface area (Å²) in [7, 11) is 1.72. The third kappa shape index (κ3) is 4.19. The Bertz CT molecular complexity index is 817. The molecule has 1 aliphatic rings. The Kier molecular flexibility index (Phi) is 5.91. The molecule has 0 spiro atoms. The monoisotopic (exact) mass is 370 g/mol. The standard InChI is InChI=1S/C20H26N4O3/c1-4-9-24-12-15(11-22-24)10-21-20(26)19-18(23(3)17(25)13-27-19)16-8-6-5-7-14(16)2/h5-8,11-12,18-19H,4,9-10,13H2,1-3H3,(H,21,26)/t18-,19+/m1/s1. The lowest BCUT2D eigenvalue weighted by atomic mass is 9.94. The van der Waals surface area contributed by atoms with Gasteiger partial charge in [0.1, 0.15) is 6.61 Å². The molecular weight excluding hydrogens is 344 g/mol. The predicted molar refractivity (Wildman–Crippen MR) is 101 cm³/mol. The van der Waals surface area contributed by atoms with E-state index in [4.69, 9.17) is 4.74 Å². The molecule has 27 heavy (non-hydrogen) atoms. The first kappa shape index (κ1) is 19.1. The van der Waals surface area contributed by atoms with Crippen LogP contribution in [-0.2, 0) is 27.4 Å². The van der Waals surface area contributed by atoms with E-state index in [-0.39, 0.29) is 18.4 Å². The Morgan fingerprint density at radius 2 is 2.15 bits per heavy atom. The van der Waals surface area contributed by atoms with Gasteiger partial charge in [-0.1, -0.05) is 31.2 Å². The number of nitrogens with zero attached hydrogens (tertiary/aromatic N) is 3. The fourth-order valence-corrected chi connectivity index (χ4v) is 3.36. The topological polar surface area (TPSA) is 76.5 Å². The van der Waals surface area contributed by atoms with Gasteiger partial charge in [0.05, 0.1) is 12.2 Å². The van der Waals surface area contributed by atoms with Crippen LogP contribution in [0.15, 0.2) is 36.7 Å². The number of likely N-dealkylation sites (N-methyl/N-ethyl adjacent to an activating group) is 1. The molecule has 2 heterocycles. The van der Waals surface area contributed by atoms with E-state index >= 15 is 0 Å². The second-order valence-corrected chi connectivity index (χ2v) is 6.87. The molecule has 1 aromatic heterocycles. The summed E-state index contributed by atoms with van der Waals surface area (Å²) in [5, 5.41) is 7.20. The van der Waals surface area contributed by atoms with E-state index in [0.717, 1.165) is 29.7 Å². The Balaban J connectivity index is 1.74. The van der Waals surface area contributed by atoms with Crippen molar-refractivity contribution >= 4 is 11.8 Å².